The summed E-state index contributed by atoms with van der Waals surface area (Å²) in [4.78, 5) is 25.8. The molecule has 6 heteroatoms. The lowest BCUT2D eigenvalue weighted by atomic mass is 10.2. The summed E-state index contributed by atoms with van der Waals surface area (Å²) < 4.78 is 10.5. The highest BCUT2D eigenvalue weighted by Gasteiger charge is 2.12. The van der Waals surface area contributed by atoms with E-state index in [2.05, 4.69) is 5.32 Å². The predicted molar refractivity (Wildman–Crippen MR) is 115 cm³/mol. The maximum Gasteiger partial charge on any atom is 0.255 e. The molecular formula is C23H21NO4S. The molecular weight excluding hydrogens is 386 g/mol. The van der Waals surface area contributed by atoms with E-state index in [0.717, 1.165) is 4.90 Å². The number of carbonyl (C=O) groups is 2. The average molecular weight is 407 g/mol. The number of ether oxygens (including phenoxy) is 2. The molecule has 0 aliphatic heterocycles. The van der Waals surface area contributed by atoms with Gasteiger partial charge in [-0.2, -0.15) is 0 Å². The van der Waals surface area contributed by atoms with Crippen molar-refractivity contribution in [2.45, 2.75) is 4.90 Å². The number of Topliss-reactive ketones (excluding diaryl/α,β-unsaturated/α-hetero) is 1. The second kappa shape index (κ2) is 9.80. The van der Waals surface area contributed by atoms with Gasteiger partial charge in [0.1, 0.15) is 11.5 Å². The van der Waals surface area contributed by atoms with Crippen LogP contribution in [0.3, 0.4) is 0 Å². The third-order valence-electron chi connectivity index (χ3n) is 4.22. The molecule has 1 amide bonds. The van der Waals surface area contributed by atoms with Crippen LogP contribution in [0.25, 0.3) is 0 Å². The van der Waals surface area contributed by atoms with Gasteiger partial charge in [0, 0.05) is 22.1 Å². The van der Waals surface area contributed by atoms with Gasteiger partial charge >= 0.3 is 0 Å². The first-order valence-electron chi connectivity index (χ1n) is 8.95. The first kappa shape index (κ1) is 20.5. The van der Waals surface area contributed by atoms with Crippen molar-refractivity contribution in [3.8, 4) is 11.5 Å². The molecule has 148 valence electrons. The van der Waals surface area contributed by atoms with Crippen molar-refractivity contribution in [3.05, 3.63) is 83.9 Å². The molecule has 29 heavy (non-hydrogen) atoms. The summed E-state index contributed by atoms with van der Waals surface area (Å²) in [7, 11) is 3.10. The zero-order chi connectivity index (χ0) is 20.6. The standard InChI is InChI=1S/C23H21NO4S/c1-27-18-11-12-20(22(14-18)28-2)24-23(26)17-9-6-10-19(13-17)29-15-21(25)16-7-4-3-5-8-16/h3-14H,15H2,1-2H3,(H,24,26). The van der Waals surface area contributed by atoms with Gasteiger partial charge < -0.3 is 14.8 Å². The molecule has 3 aromatic carbocycles. The molecule has 0 fully saturated rings. The van der Waals surface area contributed by atoms with Crippen LogP contribution in [0.15, 0.2) is 77.7 Å². The molecule has 5 nitrogen and oxygen atoms in total. The quantitative estimate of drug-likeness (QED) is 0.424. The van der Waals surface area contributed by atoms with Gasteiger partial charge in [0.25, 0.3) is 5.91 Å². The number of amides is 1. The fraction of sp³-hybridized carbons (Fsp3) is 0.130. The first-order valence-corrected chi connectivity index (χ1v) is 9.94. The van der Waals surface area contributed by atoms with Crippen LogP contribution in [0.1, 0.15) is 20.7 Å². The zero-order valence-electron chi connectivity index (χ0n) is 16.2. The number of carbonyl (C=O) groups excluding carboxylic acids is 2. The van der Waals surface area contributed by atoms with E-state index in [1.165, 1.54) is 18.9 Å². The largest absolute Gasteiger partial charge is 0.497 e. The Labute approximate surface area is 174 Å². The van der Waals surface area contributed by atoms with Crippen molar-refractivity contribution in [2.75, 3.05) is 25.3 Å². The van der Waals surface area contributed by atoms with Crippen LogP contribution in [0.2, 0.25) is 0 Å². The number of anilines is 1. The Morgan fingerprint density at radius 1 is 0.862 bits per heavy atom. The lowest BCUT2D eigenvalue weighted by Gasteiger charge is -2.12. The number of nitrogens with one attached hydrogen (secondary N) is 1. The Balaban J connectivity index is 1.67. The summed E-state index contributed by atoms with van der Waals surface area (Å²) in [6, 6.07) is 21.5. The van der Waals surface area contributed by atoms with Crippen LogP contribution in [-0.4, -0.2) is 31.7 Å². The summed E-state index contributed by atoms with van der Waals surface area (Å²) in [6.45, 7) is 0. The molecule has 0 saturated carbocycles. The molecule has 3 aromatic rings. The maximum atomic E-state index is 12.7. The third-order valence-corrected chi connectivity index (χ3v) is 5.21. The second-order valence-corrected chi connectivity index (χ2v) is 7.17. The fourth-order valence-electron chi connectivity index (χ4n) is 2.68. The van der Waals surface area contributed by atoms with Crippen LogP contribution in [0.5, 0.6) is 11.5 Å². The predicted octanol–water partition coefficient (Wildman–Crippen LogP) is 4.93. The van der Waals surface area contributed by atoms with E-state index in [1.54, 1.807) is 55.6 Å². The van der Waals surface area contributed by atoms with Crippen molar-refractivity contribution in [3.63, 3.8) is 0 Å². The van der Waals surface area contributed by atoms with Crippen molar-refractivity contribution in [1.82, 2.24) is 0 Å². The summed E-state index contributed by atoms with van der Waals surface area (Å²) in [5, 5.41) is 2.85. The van der Waals surface area contributed by atoms with Gasteiger partial charge in [0.05, 0.1) is 25.7 Å². The zero-order valence-corrected chi connectivity index (χ0v) is 17.0. The van der Waals surface area contributed by atoms with Gasteiger partial charge in [-0.3, -0.25) is 9.59 Å². The minimum absolute atomic E-state index is 0.0495. The number of ketones is 1. The highest BCUT2D eigenvalue weighted by Crippen LogP contribution is 2.29. The number of rotatable bonds is 8. The molecule has 0 aromatic heterocycles. The molecule has 0 heterocycles. The number of thioether (sulfide) groups is 1. The molecule has 0 atom stereocenters. The number of hydrogen-bond acceptors (Lipinski definition) is 5. The molecule has 0 aliphatic rings. The van der Waals surface area contributed by atoms with E-state index in [1.807, 2.05) is 24.3 Å². The van der Waals surface area contributed by atoms with E-state index < -0.39 is 0 Å². The lowest BCUT2D eigenvalue weighted by Crippen LogP contribution is -2.12. The van der Waals surface area contributed by atoms with Gasteiger partial charge in [-0.05, 0) is 30.3 Å². The minimum Gasteiger partial charge on any atom is -0.497 e. The van der Waals surface area contributed by atoms with E-state index in [4.69, 9.17) is 9.47 Å². The lowest BCUT2D eigenvalue weighted by molar-refractivity contribution is 0.101. The Morgan fingerprint density at radius 3 is 2.34 bits per heavy atom. The molecule has 1 N–H and O–H groups in total. The number of methoxy groups -OCH3 is 2. The van der Waals surface area contributed by atoms with Crippen LogP contribution >= 0.6 is 11.8 Å². The Hall–Kier alpha value is -3.25. The Bertz CT molecular complexity index is 1000. The van der Waals surface area contributed by atoms with Crippen LogP contribution in [-0.2, 0) is 0 Å². The van der Waals surface area contributed by atoms with Crippen molar-refractivity contribution < 1.29 is 19.1 Å². The summed E-state index contributed by atoms with van der Waals surface area (Å²) in [5.74, 6) is 1.25. The molecule has 3 rings (SSSR count). The normalized spacial score (nSPS) is 10.3. The molecule has 0 radical (unpaired) electrons. The third kappa shape index (κ3) is 5.39. The highest BCUT2D eigenvalue weighted by atomic mass is 32.2. The van der Waals surface area contributed by atoms with Crippen LogP contribution in [0, 0.1) is 0 Å². The highest BCUT2D eigenvalue weighted by molar-refractivity contribution is 8.00. The van der Waals surface area contributed by atoms with Crippen molar-refractivity contribution in [2.24, 2.45) is 0 Å². The topological polar surface area (TPSA) is 64.6 Å². The monoisotopic (exact) mass is 407 g/mol. The summed E-state index contributed by atoms with van der Waals surface area (Å²) in [5.41, 5.74) is 1.73. The second-order valence-electron chi connectivity index (χ2n) is 6.13. The van der Waals surface area contributed by atoms with Crippen molar-refractivity contribution in [1.29, 1.82) is 0 Å². The smallest absolute Gasteiger partial charge is 0.255 e. The van der Waals surface area contributed by atoms with Gasteiger partial charge in [-0.1, -0.05) is 36.4 Å². The van der Waals surface area contributed by atoms with Crippen molar-refractivity contribution >= 4 is 29.1 Å². The maximum absolute atomic E-state index is 12.7. The SMILES string of the molecule is COc1ccc(NC(=O)c2cccc(SCC(=O)c3ccccc3)c2)c(OC)c1. The summed E-state index contributed by atoms with van der Waals surface area (Å²) in [6.07, 6.45) is 0. The van der Waals surface area contributed by atoms with Crippen LogP contribution < -0.4 is 14.8 Å². The van der Waals surface area contributed by atoms with Gasteiger partial charge in [-0.25, -0.2) is 0 Å². The Kier molecular flexibility index (Phi) is 6.92. The van der Waals surface area contributed by atoms with E-state index >= 15 is 0 Å². The minimum atomic E-state index is -0.259. The number of hydrogen-bond donors (Lipinski definition) is 1. The van der Waals surface area contributed by atoms with Gasteiger partial charge in [0.15, 0.2) is 5.78 Å². The molecule has 0 bridgehead atoms. The van der Waals surface area contributed by atoms with Gasteiger partial charge in [-0.15, -0.1) is 11.8 Å². The number of benzene rings is 3. The Morgan fingerprint density at radius 2 is 1.62 bits per heavy atom. The molecule has 0 unspecified atom stereocenters. The van der Waals surface area contributed by atoms with E-state index in [0.29, 0.717) is 34.1 Å². The van der Waals surface area contributed by atoms with E-state index in [9.17, 15) is 9.59 Å². The van der Waals surface area contributed by atoms with Gasteiger partial charge in [0.2, 0.25) is 0 Å². The molecule has 0 spiro atoms. The average Bonchev–Trinajstić information content (AvgIpc) is 2.78. The molecule has 0 aliphatic carbocycles. The van der Waals surface area contributed by atoms with E-state index in [-0.39, 0.29) is 11.7 Å². The van der Waals surface area contributed by atoms with Crippen LogP contribution in [0.4, 0.5) is 5.69 Å². The summed E-state index contributed by atoms with van der Waals surface area (Å²) >= 11 is 1.40. The molecule has 0 saturated heterocycles. The fourth-order valence-corrected chi connectivity index (χ4v) is 3.53. The first-order chi connectivity index (χ1) is 14.1.